The van der Waals surface area contributed by atoms with Crippen LogP contribution in [0.5, 0.6) is 0 Å². The Morgan fingerprint density at radius 2 is 1.94 bits per heavy atom. The molecule has 1 aromatic rings. The molecule has 0 N–H and O–H groups in total. The van der Waals surface area contributed by atoms with Crippen LogP contribution in [0.1, 0.15) is 26.5 Å². The van der Waals surface area contributed by atoms with E-state index in [2.05, 4.69) is 39.0 Å². The maximum absolute atomic E-state index is 11.5. The number of aromatic nitrogens is 2. The number of nitrogens with zero attached hydrogens (tertiary/aromatic N) is 2. The minimum absolute atomic E-state index is 0.100. The molecule has 0 saturated carbocycles. The molecule has 0 radical (unpaired) electrons. The molecule has 0 aromatic carbocycles. The van der Waals surface area contributed by atoms with E-state index in [0.717, 1.165) is 10.3 Å². The summed E-state index contributed by atoms with van der Waals surface area (Å²) in [5.74, 6) is 0. The average molecular weight is 290 g/mol. The highest BCUT2D eigenvalue weighted by Crippen LogP contribution is 2.37. The molecular weight excluding hydrogens is 268 g/mol. The Hall–Kier alpha value is -0.663. The SMILES string of the molecule is CC(C)(C)[Si](C)(C)OCc1ccnn1S(C)(=O)=O. The minimum Gasteiger partial charge on any atom is -0.411 e. The monoisotopic (exact) mass is 290 g/mol. The van der Waals surface area contributed by atoms with Gasteiger partial charge in [0.05, 0.1) is 24.8 Å². The first-order valence-electron chi connectivity index (χ1n) is 5.82. The third-order valence-corrected chi connectivity index (χ3v) is 8.82. The Morgan fingerprint density at radius 3 is 2.39 bits per heavy atom. The quantitative estimate of drug-likeness (QED) is 0.798. The van der Waals surface area contributed by atoms with Gasteiger partial charge in [-0.05, 0) is 24.2 Å². The summed E-state index contributed by atoms with van der Waals surface area (Å²) in [5.41, 5.74) is 0.572. The highest BCUT2D eigenvalue weighted by Gasteiger charge is 2.37. The van der Waals surface area contributed by atoms with E-state index in [1.54, 1.807) is 6.07 Å². The summed E-state index contributed by atoms with van der Waals surface area (Å²) in [5, 5.41) is 3.91. The third kappa shape index (κ3) is 3.43. The number of rotatable bonds is 4. The number of hydrogen-bond donors (Lipinski definition) is 0. The second-order valence-electron chi connectivity index (χ2n) is 5.98. The van der Waals surface area contributed by atoms with Crippen LogP contribution >= 0.6 is 0 Å². The molecule has 18 heavy (non-hydrogen) atoms. The predicted molar refractivity (Wildman–Crippen MR) is 74.5 cm³/mol. The van der Waals surface area contributed by atoms with Gasteiger partial charge in [-0.25, -0.2) is 8.42 Å². The van der Waals surface area contributed by atoms with Crippen molar-refractivity contribution in [2.75, 3.05) is 6.26 Å². The molecule has 0 aliphatic heterocycles. The van der Waals surface area contributed by atoms with E-state index in [9.17, 15) is 8.42 Å². The van der Waals surface area contributed by atoms with Crippen molar-refractivity contribution < 1.29 is 12.8 Å². The van der Waals surface area contributed by atoms with Crippen molar-refractivity contribution in [2.45, 2.75) is 45.5 Å². The molecule has 1 heterocycles. The molecule has 0 spiro atoms. The average Bonchev–Trinajstić information content (AvgIpc) is 2.59. The maximum Gasteiger partial charge on any atom is 0.251 e. The van der Waals surface area contributed by atoms with Crippen LogP contribution in [0.3, 0.4) is 0 Å². The van der Waals surface area contributed by atoms with Crippen molar-refractivity contribution in [3.05, 3.63) is 18.0 Å². The Kier molecular flexibility index (Phi) is 4.09. The standard InChI is InChI=1S/C11H22N2O3SSi/c1-11(2,3)18(5,6)16-9-10-7-8-12-13(10)17(4,14)15/h7-8H,9H2,1-6H3. The Labute approximate surface area is 110 Å². The molecule has 0 aliphatic carbocycles. The summed E-state index contributed by atoms with van der Waals surface area (Å²) in [6.07, 6.45) is 2.61. The van der Waals surface area contributed by atoms with E-state index in [-0.39, 0.29) is 11.6 Å². The van der Waals surface area contributed by atoms with Gasteiger partial charge in [0.15, 0.2) is 8.32 Å². The fourth-order valence-corrected chi connectivity index (χ4v) is 2.90. The minimum atomic E-state index is -3.35. The zero-order chi connectivity index (χ0) is 14.2. The van der Waals surface area contributed by atoms with Crippen LogP contribution in [0.4, 0.5) is 0 Å². The van der Waals surface area contributed by atoms with Gasteiger partial charge >= 0.3 is 0 Å². The lowest BCUT2D eigenvalue weighted by Gasteiger charge is -2.36. The van der Waals surface area contributed by atoms with E-state index in [0.29, 0.717) is 5.69 Å². The molecule has 0 aliphatic rings. The van der Waals surface area contributed by atoms with Crippen LogP contribution in [0.15, 0.2) is 12.3 Å². The molecule has 1 aromatic heterocycles. The molecule has 0 amide bonds. The normalized spacial score (nSPS) is 13.9. The highest BCUT2D eigenvalue weighted by molar-refractivity contribution is 7.89. The van der Waals surface area contributed by atoms with Gasteiger partial charge in [-0.3, -0.25) is 0 Å². The second kappa shape index (κ2) is 4.79. The summed E-state index contributed by atoms with van der Waals surface area (Å²) < 4.78 is 30.0. The fraction of sp³-hybridized carbons (Fsp3) is 0.727. The zero-order valence-corrected chi connectivity index (χ0v) is 13.7. The van der Waals surface area contributed by atoms with Crippen LogP contribution < -0.4 is 0 Å². The van der Waals surface area contributed by atoms with E-state index in [1.165, 1.54) is 6.20 Å². The van der Waals surface area contributed by atoms with Crippen molar-refractivity contribution in [1.29, 1.82) is 0 Å². The van der Waals surface area contributed by atoms with Gasteiger partial charge in [-0.1, -0.05) is 20.8 Å². The van der Waals surface area contributed by atoms with Gasteiger partial charge in [0.1, 0.15) is 0 Å². The molecule has 5 nitrogen and oxygen atoms in total. The summed E-state index contributed by atoms with van der Waals surface area (Å²) >= 11 is 0. The van der Waals surface area contributed by atoms with Crippen molar-refractivity contribution in [1.82, 2.24) is 9.19 Å². The van der Waals surface area contributed by atoms with Crippen LogP contribution in [0.2, 0.25) is 18.1 Å². The van der Waals surface area contributed by atoms with E-state index in [1.807, 2.05) is 0 Å². The predicted octanol–water partition coefficient (Wildman–Crippen LogP) is 2.21. The summed E-state index contributed by atoms with van der Waals surface area (Å²) in [7, 11) is -5.23. The smallest absolute Gasteiger partial charge is 0.251 e. The van der Waals surface area contributed by atoms with Gasteiger partial charge in [0.25, 0.3) is 10.0 Å². The van der Waals surface area contributed by atoms with E-state index in [4.69, 9.17) is 4.43 Å². The molecule has 0 bridgehead atoms. The van der Waals surface area contributed by atoms with Crippen molar-refractivity contribution in [2.24, 2.45) is 0 Å². The molecule has 0 saturated heterocycles. The van der Waals surface area contributed by atoms with Gasteiger partial charge in [0.2, 0.25) is 0 Å². The second-order valence-corrected chi connectivity index (χ2v) is 12.6. The van der Waals surface area contributed by atoms with Gasteiger partial charge in [-0.15, -0.1) is 0 Å². The summed E-state index contributed by atoms with van der Waals surface area (Å²) in [6, 6.07) is 1.67. The molecule has 1 rings (SSSR count). The lowest BCUT2D eigenvalue weighted by atomic mass is 10.2. The molecule has 7 heteroatoms. The Balaban J connectivity index is 2.86. The van der Waals surface area contributed by atoms with Gasteiger partial charge < -0.3 is 4.43 Å². The fourth-order valence-electron chi connectivity index (χ4n) is 1.19. The van der Waals surface area contributed by atoms with Crippen molar-refractivity contribution in [3.63, 3.8) is 0 Å². The topological polar surface area (TPSA) is 61.2 Å². The molecule has 0 unspecified atom stereocenters. The van der Waals surface area contributed by atoms with E-state index >= 15 is 0 Å². The lowest BCUT2D eigenvalue weighted by Crippen LogP contribution is -2.40. The summed E-state index contributed by atoms with van der Waals surface area (Å²) in [4.78, 5) is 0. The van der Waals surface area contributed by atoms with Gasteiger partial charge in [-0.2, -0.15) is 9.19 Å². The number of hydrogen-bond acceptors (Lipinski definition) is 4. The molecular formula is C11H22N2O3SSi. The van der Waals surface area contributed by atoms with Crippen LogP contribution in [-0.2, 0) is 21.1 Å². The summed E-state index contributed by atoms with van der Waals surface area (Å²) in [6.45, 7) is 11.0. The first-order valence-corrected chi connectivity index (χ1v) is 10.6. The molecule has 104 valence electrons. The Bertz CT molecular complexity index is 515. The van der Waals surface area contributed by atoms with Crippen LogP contribution in [-0.4, -0.2) is 32.2 Å². The van der Waals surface area contributed by atoms with Crippen LogP contribution in [0.25, 0.3) is 0 Å². The maximum atomic E-state index is 11.5. The highest BCUT2D eigenvalue weighted by atomic mass is 32.2. The third-order valence-electron chi connectivity index (χ3n) is 3.39. The first-order chi connectivity index (χ1) is 7.95. The molecule has 0 fully saturated rings. The van der Waals surface area contributed by atoms with Crippen molar-refractivity contribution >= 4 is 18.3 Å². The van der Waals surface area contributed by atoms with Crippen LogP contribution in [0, 0.1) is 0 Å². The van der Waals surface area contributed by atoms with Gasteiger partial charge in [0, 0.05) is 0 Å². The molecule has 0 atom stereocenters. The lowest BCUT2D eigenvalue weighted by molar-refractivity contribution is 0.270. The zero-order valence-electron chi connectivity index (χ0n) is 11.9. The van der Waals surface area contributed by atoms with Crippen molar-refractivity contribution in [3.8, 4) is 0 Å². The Morgan fingerprint density at radius 1 is 1.39 bits per heavy atom. The van der Waals surface area contributed by atoms with E-state index < -0.39 is 18.3 Å². The first kappa shape index (κ1) is 15.4. The largest absolute Gasteiger partial charge is 0.411 e.